The molecule has 0 heterocycles. The van der Waals surface area contributed by atoms with Crippen molar-refractivity contribution in [3.05, 3.63) is 0 Å². The summed E-state index contributed by atoms with van der Waals surface area (Å²) in [5.74, 6) is -0.930. The van der Waals surface area contributed by atoms with E-state index in [1.165, 1.54) is 14.2 Å². The van der Waals surface area contributed by atoms with E-state index < -0.39 is 17.4 Å². The molecule has 1 unspecified atom stereocenters. The van der Waals surface area contributed by atoms with Crippen LogP contribution in [0, 0.1) is 11.3 Å². The van der Waals surface area contributed by atoms with Gasteiger partial charge in [-0.1, -0.05) is 6.92 Å². The number of hydrogen-bond acceptors (Lipinski definition) is 4. The Balaban J connectivity index is 2.79. The van der Waals surface area contributed by atoms with E-state index in [0.717, 1.165) is 0 Å². The van der Waals surface area contributed by atoms with Crippen molar-refractivity contribution in [3.8, 4) is 0 Å². The van der Waals surface area contributed by atoms with Crippen LogP contribution in [0.4, 0.5) is 0 Å². The Morgan fingerprint density at radius 3 is 1.75 bits per heavy atom. The molecular formula is C8H12O4. The number of methoxy groups -OCH3 is 2. The summed E-state index contributed by atoms with van der Waals surface area (Å²) in [5, 5.41) is 0. The normalized spacial score (nSPS) is 24.4. The lowest BCUT2D eigenvalue weighted by Gasteiger charge is -2.10. The molecule has 1 rings (SSSR count). The maximum Gasteiger partial charge on any atom is 0.323 e. The van der Waals surface area contributed by atoms with Crippen LogP contribution in [0.3, 0.4) is 0 Å². The third-order valence-electron chi connectivity index (χ3n) is 2.41. The lowest BCUT2D eigenvalue weighted by molar-refractivity contribution is -0.162. The van der Waals surface area contributed by atoms with Crippen molar-refractivity contribution in [3.63, 3.8) is 0 Å². The van der Waals surface area contributed by atoms with Crippen molar-refractivity contribution in [2.45, 2.75) is 13.3 Å². The van der Waals surface area contributed by atoms with Gasteiger partial charge in [0.25, 0.3) is 0 Å². The minimum absolute atomic E-state index is 0.0393. The Morgan fingerprint density at radius 2 is 1.58 bits per heavy atom. The van der Waals surface area contributed by atoms with Crippen LogP contribution in [0.1, 0.15) is 13.3 Å². The van der Waals surface area contributed by atoms with Crippen molar-refractivity contribution in [2.24, 2.45) is 11.3 Å². The van der Waals surface area contributed by atoms with Gasteiger partial charge in [0.2, 0.25) is 0 Å². The van der Waals surface area contributed by atoms with E-state index in [2.05, 4.69) is 9.47 Å². The first kappa shape index (κ1) is 9.03. The minimum Gasteiger partial charge on any atom is -0.468 e. The molecule has 0 amide bonds. The molecule has 0 aliphatic heterocycles. The van der Waals surface area contributed by atoms with Gasteiger partial charge in [-0.2, -0.15) is 0 Å². The molecule has 0 aromatic heterocycles. The lowest BCUT2D eigenvalue weighted by atomic mass is 10.1. The summed E-state index contributed by atoms with van der Waals surface area (Å²) in [6.07, 6.45) is 0.534. The highest BCUT2D eigenvalue weighted by Crippen LogP contribution is 2.53. The Bertz CT molecular complexity index is 205. The average molecular weight is 172 g/mol. The van der Waals surface area contributed by atoms with Gasteiger partial charge in [-0.25, -0.2) is 0 Å². The Hall–Kier alpha value is -1.06. The molecule has 1 atom stereocenters. The van der Waals surface area contributed by atoms with Crippen LogP contribution in [-0.2, 0) is 19.1 Å². The first-order valence-corrected chi connectivity index (χ1v) is 3.76. The number of esters is 2. The van der Waals surface area contributed by atoms with Crippen LogP contribution < -0.4 is 0 Å². The van der Waals surface area contributed by atoms with Gasteiger partial charge in [-0.3, -0.25) is 9.59 Å². The van der Waals surface area contributed by atoms with Crippen LogP contribution in [0.25, 0.3) is 0 Å². The van der Waals surface area contributed by atoms with Crippen molar-refractivity contribution in [1.29, 1.82) is 0 Å². The summed E-state index contributed by atoms with van der Waals surface area (Å²) in [7, 11) is 2.55. The van der Waals surface area contributed by atoms with E-state index in [9.17, 15) is 9.59 Å². The highest BCUT2D eigenvalue weighted by Gasteiger charge is 2.65. The summed E-state index contributed by atoms with van der Waals surface area (Å²) in [4.78, 5) is 22.4. The molecule has 0 bridgehead atoms. The number of hydrogen-bond donors (Lipinski definition) is 0. The van der Waals surface area contributed by atoms with Gasteiger partial charge in [0.1, 0.15) is 0 Å². The second-order valence-corrected chi connectivity index (χ2v) is 3.06. The largest absolute Gasteiger partial charge is 0.468 e. The number of rotatable bonds is 2. The highest BCUT2D eigenvalue weighted by atomic mass is 16.5. The molecular weight excluding hydrogens is 160 g/mol. The molecule has 4 heteroatoms. The summed E-state index contributed by atoms with van der Waals surface area (Å²) in [5.41, 5.74) is -0.997. The Labute approximate surface area is 70.8 Å². The molecule has 0 saturated heterocycles. The molecule has 0 spiro atoms. The minimum atomic E-state index is -0.997. The van der Waals surface area contributed by atoms with E-state index in [0.29, 0.717) is 6.42 Å². The van der Waals surface area contributed by atoms with Gasteiger partial charge in [-0.05, 0) is 12.3 Å². The maximum absolute atomic E-state index is 11.2. The van der Waals surface area contributed by atoms with Gasteiger partial charge in [0, 0.05) is 0 Å². The Morgan fingerprint density at radius 1 is 1.25 bits per heavy atom. The third kappa shape index (κ3) is 0.983. The fourth-order valence-corrected chi connectivity index (χ4v) is 1.44. The van der Waals surface area contributed by atoms with Gasteiger partial charge in [0.15, 0.2) is 5.41 Å². The molecule has 0 aromatic carbocycles. The molecule has 1 fully saturated rings. The van der Waals surface area contributed by atoms with Crippen molar-refractivity contribution in [1.82, 2.24) is 0 Å². The standard InChI is InChI=1S/C8H12O4/c1-5-4-8(5,6(9)11-2)7(10)12-3/h5H,4H2,1-3H3. The first-order valence-electron chi connectivity index (χ1n) is 3.76. The molecule has 68 valence electrons. The van der Waals surface area contributed by atoms with Crippen LogP contribution in [0.15, 0.2) is 0 Å². The summed E-state index contributed by atoms with van der Waals surface area (Å²) >= 11 is 0. The number of carbonyl (C=O) groups excluding carboxylic acids is 2. The molecule has 0 radical (unpaired) electrons. The van der Waals surface area contributed by atoms with Crippen molar-refractivity contribution < 1.29 is 19.1 Å². The topological polar surface area (TPSA) is 52.6 Å². The molecule has 4 nitrogen and oxygen atoms in total. The number of carbonyl (C=O) groups is 2. The van der Waals surface area contributed by atoms with E-state index >= 15 is 0 Å². The van der Waals surface area contributed by atoms with Gasteiger partial charge >= 0.3 is 11.9 Å². The number of ether oxygens (including phenoxy) is 2. The second kappa shape index (κ2) is 2.77. The SMILES string of the molecule is COC(=O)C1(C(=O)OC)CC1C. The molecule has 1 saturated carbocycles. The van der Waals surface area contributed by atoms with Gasteiger partial charge in [0.05, 0.1) is 14.2 Å². The van der Waals surface area contributed by atoms with Crippen LogP contribution in [0.5, 0.6) is 0 Å². The fraction of sp³-hybridized carbons (Fsp3) is 0.750. The smallest absolute Gasteiger partial charge is 0.323 e. The Kier molecular flexibility index (Phi) is 2.08. The zero-order valence-corrected chi connectivity index (χ0v) is 7.42. The quantitative estimate of drug-likeness (QED) is 0.445. The van der Waals surface area contributed by atoms with Crippen LogP contribution in [-0.4, -0.2) is 26.2 Å². The molecule has 1 aliphatic rings. The maximum atomic E-state index is 11.2. The van der Waals surface area contributed by atoms with Gasteiger partial charge < -0.3 is 9.47 Å². The summed E-state index contributed by atoms with van der Waals surface area (Å²) in [6, 6.07) is 0. The summed E-state index contributed by atoms with van der Waals surface area (Å²) in [6.45, 7) is 1.83. The second-order valence-electron chi connectivity index (χ2n) is 3.06. The summed E-state index contributed by atoms with van der Waals surface area (Å²) < 4.78 is 9.06. The predicted octanol–water partition coefficient (Wildman–Crippen LogP) is 0.359. The van der Waals surface area contributed by atoms with E-state index in [1.807, 2.05) is 6.92 Å². The zero-order chi connectivity index (χ0) is 9.35. The van der Waals surface area contributed by atoms with Crippen LogP contribution >= 0.6 is 0 Å². The fourth-order valence-electron chi connectivity index (χ4n) is 1.44. The molecule has 0 aromatic rings. The van der Waals surface area contributed by atoms with Crippen molar-refractivity contribution in [2.75, 3.05) is 14.2 Å². The monoisotopic (exact) mass is 172 g/mol. The zero-order valence-electron chi connectivity index (χ0n) is 7.42. The lowest BCUT2D eigenvalue weighted by Crippen LogP contribution is -2.29. The van der Waals surface area contributed by atoms with E-state index in [4.69, 9.17) is 0 Å². The van der Waals surface area contributed by atoms with Crippen molar-refractivity contribution >= 4 is 11.9 Å². The first-order chi connectivity index (χ1) is 5.59. The average Bonchev–Trinajstić information content (AvgIpc) is 2.76. The highest BCUT2D eigenvalue weighted by molar-refractivity contribution is 6.03. The predicted molar refractivity (Wildman–Crippen MR) is 40.2 cm³/mol. The van der Waals surface area contributed by atoms with Gasteiger partial charge in [-0.15, -0.1) is 0 Å². The van der Waals surface area contributed by atoms with Crippen LogP contribution in [0.2, 0.25) is 0 Å². The molecule has 0 N–H and O–H groups in total. The molecule has 1 aliphatic carbocycles. The molecule has 12 heavy (non-hydrogen) atoms. The third-order valence-corrected chi connectivity index (χ3v) is 2.41. The van der Waals surface area contributed by atoms with E-state index in [-0.39, 0.29) is 5.92 Å². The van der Waals surface area contributed by atoms with E-state index in [1.54, 1.807) is 0 Å².